The lowest BCUT2D eigenvalue weighted by molar-refractivity contribution is 0.0931. The zero-order valence-corrected chi connectivity index (χ0v) is 16.1. The average Bonchev–Trinajstić information content (AvgIpc) is 3.15. The van der Waals surface area contributed by atoms with Gasteiger partial charge in [-0.2, -0.15) is 0 Å². The molecular weight excluding hydrogens is 354 g/mol. The van der Waals surface area contributed by atoms with Crippen molar-refractivity contribution in [3.63, 3.8) is 0 Å². The van der Waals surface area contributed by atoms with Gasteiger partial charge in [-0.25, -0.2) is 4.98 Å². The SMILES string of the molecule is Cc1cccc(N2CCC(NC(=O)c3ccccc3-c3nnc(C)o3)CC2)n1. The van der Waals surface area contributed by atoms with E-state index >= 15 is 0 Å². The molecule has 4 rings (SSSR count). The number of hydrogen-bond acceptors (Lipinski definition) is 6. The van der Waals surface area contributed by atoms with Crippen LogP contribution in [0.1, 0.15) is 34.8 Å². The van der Waals surface area contributed by atoms with Gasteiger partial charge in [0.15, 0.2) is 0 Å². The third kappa shape index (κ3) is 3.88. The molecule has 1 fully saturated rings. The number of anilines is 1. The van der Waals surface area contributed by atoms with Crippen LogP contribution in [0.2, 0.25) is 0 Å². The molecule has 1 amide bonds. The summed E-state index contributed by atoms with van der Waals surface area (Å²) in [6.45, 7) is 5.46. The van der Waals surface area contributed by atoms with E-state index in [0.717, 1.165) is 37.4 Å². The van der Waals surface area contributed by atoms with Crippen LogP contribution < -0.4 is 10.2 Å². The van der Waals surface area contributed by atoms with Crippen LogP contribution in [-0.2, 0) is 0 Å². The molecule has 28 heavy (non-hydrogen) atoms. The van der Waals surface area contributed by atoms with Crippen LogP contribution in [0.3, 0.4) is 0 Å². The minimum atomic E-state index is -0.112. The maximum absolute atomic E-state index is 12.9. The third-order valence-electron chi connectivity index (χ3n) is 4.96. The molecule has 1 aliphatic heterocycles. The largest absolute Gasteiger partial charge is 0.421 e. The topological polar surface area (TPSA) is 84.2 Å². The first kappa shape index (κ1) is 18.2. The normalized spacial score (nSPS) is 14.9. The summed E-state index contributed by atoms with van der Waals surface area (Å²) < 4.78 is 5.51. The van der Waals surface area contributed by atoms with E-state index < -0.39 is 0 Å². The monoisotopic (exact) mass is 377 g/mol. The van der Waals surface area contributed by atoms with Gasteiger partial charge in [0.2, 0.25) is 11.8 Å². The number of nitrogens with zero attached hydrogens (tertiary/aromatic N) is 4. The van der Waals surface area contributed by atoms with Gasteiger partial charge in [0, 0.05) is 31.7 Å². The predicted molar refractivity (Wildman–Crippen MR) is 106 cm³/mol. The van der Waals surface area contributed by atoms with Crippen molar-refractivity contribution in [1.82, 2.24) is 20.5 Å². The second-order valence-electron chi connectivity index (χ2n) is 7.04. The Bertz CT molecular complexity index is 976. The van der Waals surface area contributed by atoms with Crippen molar-refractivity contribution in [2.75, 3.05) is 18.0 Å². The molecule has 1 aromatic carbocycles. The van der Waals surface area contributed by atoms with E-state index in [0.29, 0.717) is 22.9 Å². The van der Waals surface area contributed by atoms with E-state index in [1.165, 1.54) is 0 Å². The number of carbonyl (C=O) groups is 1. The summed E-state index contributed by atoms with van der Waals surface area (Å²) in [7, 11) is 0. The molecule has 0 aliphatic carbocycles. The Hall–Kier alpha value is -3.22. The summed E-state index contributed by atoms with van der Waals surface area (Å²) in [6, 6.07) is 13.5. The summed E-state index contributed by atoms with van der Waals surface area (Å²) in [6.07, 6.45) is 1.76. The third-order valence-corrected chi connectivity index (χ3v) is 4.96. The van der Waals surface area contributed by atoms with Crippen molar-refractivity contribution in [3.8, 4) is 11.5 Å². The van der Waals surface area contributed by atoms with Crippen LogP contribution in [0.5, 0.6) is 0 Å². The summed E-state index contributed by atoms with van der Waals surface area (Å²) >= 11 is 0. The quantitative estimate of drug-likeness (QED) is 0.752. The van der Waals surface area contributed by atoms with Crippen molar-refractivity contribution < 1.29 is 9.21 Å². The lowest BCUT2D eigenvalue weighted by atomic mass is 10.0. The molecule has 2 aromatic heterocycles. The number of carbonyl (C=O) groups excluding carboxylic acids is 1. The Morgan fingerprint density at radius 1 is 1.07 bits per heavy atom. The molecule has 7 heteroatoms. The second-order valence-corrected chi connectivity index (χ2v) is 7.04. The lowest BCUT2D eigenvalue weighted by Crippen LogP contribution is -2.45. The van der Waals surface area contributed by atoms with Crippen molar-refractivity contribution in [1.29, 1.82) is 0 Å². The van der Waals surface area contributed by atoms with Crippen molar-refractivity contribution in [2.45, 2.75) is 32.7 Å². The zero-order valence-electron chi connectivity index (χ0n) is 16.1. The van der Waals surface area contributed by atoms with Gasteiger partial charge in [-0.15, -0.1) is 10.2 Å². The minimum Gasteiger partial charge on any atom is -0.421 e. The Balaban J connectivity index is 1.42. The van der Waals surface area contributed by atoms with Crippen LogP contribution in [-0.4, -0.2) is 40.2 Å². The number of rotatable bonds is 4. The number of hydrogen-bond donors (Lipinski definition) is 1. The van der Waals surface area contributed by atoms with Crippen molar-refractivity contribution in [2.24, 2.45) is 0 Å². The van der Waals surface area contributed by atoms with Crippen LogP contribution in [0, 0.1) is 13.8 Å². The summed E-state index contributed by atoms with van der Waals surface area (Å²) in [4.78, 5) is 19.7. The molecule has 3 aromatic rings. The van der Waals surface area contributed by atoms with Crippen LogP contribution >= 0.6 is 0 Å². The molecule has 7 nitrogen and oxygen atoms in total. The highest BCUT2D eigenvalue weighted by Crippen LogP contribution is 2.23. The number of benzene rings is 1. The standard InChI is InChI=1S/C21H23N5O2/c1-14-6-5-9-19(22-14)26-12-10-16(11-13-26)23-20(27)17-7-3-4-8-18(17)21-25-24-15(2)28-21/h3-9,16H,10-13H2,1-2H3,(H,23,27). The van der Waals surface area contributed by atoms with Crippen LogP contribution in [0.25, 0.3) is 11.5 Å². The maximum Gasteiger partial charge on any atom is 0.252 e. The fourth-order valence-electron chi connectivity index (χ4n) is 3.49. The Morgan fingerprint density at radius 2 is 1.86 bits per heavy atom. The summed E-state index contributed by atoms with van der Waals surface area (Å²) in [5, 5.41) is 11.1. The highest BCUT2D eigenvalue weighted by atomic mass is 16.4. The highest BCUT2D eigenvalue weighted by Gasteiger charge is 2.24. The van der Waals surface area contributed by atoms with Crippen molar-refractivity contribution in [3.05, 3.63) is 59.6 Å². The Labute approximate surface area is 163 Å². The highest BCUT2D eigenvalue weighted by molar-refractivity contribution is 6.00. The molecule has 3 heterocycles. The molecule has 1 saturated heterocycles. The van der Waals surface area contributed by atoms with Gasteiger partial charge >= 0.3 is 0 Å². The first-order chi connectivity index (χ1) is 13.6. The average molecular weight is 377 g/mol. The van der Waals surface area contributed by atoms with Gasteiger partial charge in [0.25, 0.3) is 5.91 Å². The predicted octanol–water partition coefficient (Wildman–Crippen LogP) is 3.15. The maximum atomic E-state index is 12.9. The van der Waals surface area contributed by atoms with E-state index in [1.54, 1.807) is 13.0 Å². The van der Waals surface area contributed by atoms with E-state index in [-0.39, 0.29) is 11.9 Å². The molecular formula is C21H23N5O2. The lowest BCUT2D eigenvalue weighted by Gasteiger charge is -2.33. The first-order valence-electron chi connectivity index (χ1n) is 9.49. The number of amides is 1. The fourth-order valence-corrected chi connectivity index (χ4v) is 3.49. The fraction of sp³-hybridized carbons (Fsp3) is 0.333. The number of pyridine rings is 1. The molecule has 0 saturated carbocycles. The van der Waals surface area contributed by atoms with E-state index in [1.807, 2.05) is 43.3 Å². The van der Waals surface area contributed by atoms with Gasteiger partial charge in [-0.05, 0) is 44.0 Å². The molecule has 0 bridgehead atoms. The van der Waals surface area contributed by atoms with Gasteiger partial charge in [-0.1, -0.05) is 18.2 Å². The molecule has 0 radical (unpaired) electrons. The molecule has 1 aliphatic rings. The van der Waals surface area contributed by atoms with Gasteiger partial charge in [-0.3, -0.25) is 4.79 Å². The first-order valence-corrected chi connectivity index (χ1v) is 9.49. The van der Waals surface area contributed by atoms with Gasteiger partial charge in [0.1, 0.15) is 5.82 Å². The van der Waals surface area contributed by atoms with Crippen LogP contribution in [0.4, 0.5) is 5.82 Å². The Kier molecular flexibility index (Phi) is 5.06. The summed E-state index contributed by atoms with van der Waals surface area (Å²) in [5.74, 6) is 1.73. The van der Waals surface area contributed by atoms with E-state index in [4.69, 9.17) is 4.42 Å². The van der Waals surface area contributed by atoms with Crippen molar-refractivity contribution >= 4 is 11.7 Å². The minimum absolute atomic E-state index is 0.112. The molecule has 144 valence electrons. The number of aryl methyl sites for hydroxylation is 2. The second kappa shape index (κ2) is 7.80. The van der Waals surface area contributed by atoms with E-state index in [9.17, 15) is 4.79 Å². The van der Waals surface area contributed by atoms with Gasteiger partial charge < -0.3 is 14.6 Å². The van der Waals surface area contributed by atoms with E-state index in [2.05, 4.69) is 25.4 Å². The molecule has 0 atom stereocenters. The molecule has 0 unspecified atom stereocenters. The number of nitrogens with one attached hydrogen (secondary N) is 1. The molecule has 0 spiro atoms. The summed E-state index contributed by atoms with van der Waals surface area (Å²) in [5.41, 5.74) is 2.22. The van der Waals surface area contributed by atoms with Gasteiger partial charge in [0.05, 0.1) is 11.1 Å². The Morgan fingerprint density at radius 3 is 2.57 bits per heavy atom. The number of aromatic nitrogens is 3. The molecule has 1 N–H and O–H groups in total. The number of piperidine rings is 1. The smallest absolute Gasteiger partial charge is 0.252 e. The zero-order chi connectivity index (χ0) is 19.5. The van der Waals surface area contributed by atoms with Crippen LogP contribution in [0.15, 0.2) is 46.9 Å².